The molecule has 0 aromatic heterocycles. The standard InChI is InChI=1S/C16H23ClN2O3S/c1-13(16(20)18-10-5-3-4-6-11-18)19(23(2,21)22)15-9-7-8-14(17)12-15/h7-9,12-13H,3-6,10-11H2,1-2H3/t13-/m1/s1. The number of benzene rings is 1. The Bertz CT molecular complexity index is 655. The van der Waals surface area contributed by atoms with Crippen molar-refractivity contribution in [2.45, 2.75) is 38.6 Å². The van der Waals surface area contributed by atoms with Gasteiger partial charge in [0, 0.05) is 18.1 Å². The second-order valence-electron chi connectivity index (χ2n) is 5.95. The number of carbonyl (C=O) groups excluding carboxylic acids is 1. The van der Waals surface area contributed by atoms with Gasteiger partial charge in [-0.05, 0) is 38.0 Å². The van der Waals surface area contributed by atoms with Crippen LogP contribution in [0, 0.1) is 0 Å². The highest BCUT2D eigenvalue weighted by Crippen LogP contribution is 2.25. The number of anilines is 1. The first kappa shape index (κ1) is 18.1. The van der Waals surface area contributed by atoms with Gasteiger partial charge in [0.15, 0.2) is 0 Å². The van der Waals surface area contributed by atoms with Gasteiger partial charge in [0.2, 0.25) is 15.9 Å². The largest absolute Gasteiger partial charge is 0.341 e. The van der Waals surface area contributed by atoms with Crippen LogP contribution in [-0.4, -0.2) is 44.6 Å². The van der Waals surface area contributed by atoms with Crippen LogP contribution in [0.4, 0.5) is 5.69 Å². The van der Waals surface area contributed by atoms with E-state index in [9.17, 15) is 13.2 Å². The van der Waals surface area contributed by atoms with Crippen LogP contribution in [0.1, 0.15) is 32.6 Å². The first-order valence-electron chi connectivity index (χ1n) is 7.84. The summed E-state index contributed by atoms with van der Waals surface area (Å²) in [5, 5.41) is 0.436. The number of rotatable bonds is 4. The summed E-state index contributed by atoms with van der Waals surface area (Å²) in [5.41, 5.74) is 0.413. The van der Waals surface area contributed by atoms with Gasteiger partial charge in [0.05, 0.1) is 11.9 Å². The Labute approximate surface area is 143 Å². The third kappa shape index (κ3) is 4.61. The van der Waals surface area contributed by atoms with Crippen molar-refractivity contribution < 1.29 is 13.2 Å². The number of amides is 1. The normalized spacial score (nSPS) is 17.4. The smallest absolute Gasteiger partial charge is 0.246 e. The van der Waals surface area contributed by atoms with Gasteiger partial charge in [-0.25, -0.2) is 8.42 Å². The van der Waals surface area contributed by atoms with E-state index < -0.39 is 16.1 Å². The number of sulfonamides is 1. The zero-order chi connectivity index (χ0) is 17.0. The fraction of sp³-hybridized carbons (Fsp3) is 0.562. The topological polar surface area (TPSA) is 57.7 Å². The predicted molar refractivity (Wildman–Crippen MR) is 93.3 cm³/mol. The van der Waals surface area contributed by atoms with Crippen LogP contribution in [0.15, 0.2) is 24.3 Å². The maximum Gasteiger partial charge on any atom is 0.246 e. The zero-order valence-corrected chi connectivity index (χ0v) is 15.1. The molecule has 0 radical (unpaired) electrons. The summed E-state index contributed by atoms with van der Waals surface area (Å²) in [5.74, 6) is -0.155. The first-order chi connectivity index (χ1) is 10.8. The van der Waals surface area contributed by atoms with Crippen molar-refractivity contribution in [3.63, 3.8) is 0 Å². The van der Waals surface area contributed by atoms with E-state index in [2.05, 4.69) is 0 Å². The number of halogens is 1. The minimum Gasteiger partial charge on any atom is -0.341 e. The Morgan fingerprint density at radius 1 is 1.22 bits per heavy atom. The summed E-state index contributed by atoms with van der Waals surface area (Å²) in [4.78, 5) is 14.6. The van der Waals surface area contributed by atoms with Gasteiger partial charge in [0.25, 0.3) is 0 Å². The van der Waals surface area contributed by atoms with E-state index in [-0.39, 0.29) is 5.91 Å². The maximum absolute atomic E-state index is 12.8. The van der Waals surface area contributed by atoms with E-state index in [0.29, 0.717) is 23.8 Å². The molecule has 1 aliphatic rings. The lowest BCUT2D eigenvalue weighted by Crippen LogP contribution is -2.49. The highest BCUT2D eigenvalue weighted by atomic mass is 35.5. The minimum atomic E-state index is -3.60. The molecular formula is C16H23ClN2O3S. The third-order valence-corrected chi connectivity index (χ3v) is 5.52. The van der Waals surface area contributed by atoms with Crippen molar-refractivity contribution in [1.29, 1.82) is 0 Å². The van der Waals surface area contributed by atoms with E-state index in [1.54, 1.807) is 36.1 Å². The molecule has 0 aliphatic carbocycles. The summed E-state index contributed by atoms with van der Waals surface area (Å²) in [6.45, 7) is 3.02. The molecule has 1 aliphatic heterocycles. The molecular weight excluding hydrogens is 336 g/mol. The number of carbonyl (C=O) groups is 1. The third-order valence-electron chi connectivity index (χ3n) is 4.05. The van der Waals surface area contributed by atoms with Gasteiger partial charge in [-0.2, -0.15) is 0 Å². The Morgan fingerprint density at radius 3 is 2.35 bits per heavy atom. The lowest BCUT2D eigenvalue weighted by molar-refractivity contribution is -0.131. The molecule has 1 atom stereocenters. The van der Waals surface area contributed by atoms with Gasteiger partial charge in [0.1, 0.15) is 6.04 Å². The van der Waals surface area contributed by atoms with E-state index in [4.69, 9.17) is 11.6 Å². The predicted octanol–water partition coefficient (Wildman–Crippen LogP) is 2.90. The second kappa shape index (κ2) is 7.53. The van der Waals surface area contributed by atoms with Gasteiger partial charge in [-0.15, -0.1) is 0 Å². The summed E-state index contributed by atoms with van der Waals surface area (Å²) in [6.07, 6.45) is 5.27. The van der Waals surface area contributed by atoms with Crippen molar-refractivity contribution in [1.82, 2.24) is 4.90 Å². The average Bonchev–Trinajstić information content (AvgIpc) is 2.74. The number of hydrogen-bond acceptors (Lipinski definition) is 3. The van der Waals surface area contributed by atoms with E-state index in [0.717, 1.165) is 36.2 Å². The van der Waals surface area contributed by atoms with E-state index >= 15 is 0 Å². The number of likely N-dealkylation sites (tertiary alicyclic amines) is 1. The Balaban J connectivity index is 2.30. The minimum absolute atomic E-state index is 0.155. The summed E-state index contributed by atoms with van der Waals surface area (Å²) in [6, 6.07) is 5.78. The van der Waals surface area contributed by atoms with Crippen molar-refractivity contribution >= 4 is 33.2 Å². The molecule has 23 heavy (non-hydrogen) atoms. The lowest BCUT2D eigenvalue weighted by Gasteiger charge is -2.32. The van der Waals surface area contributed by atoms with Crippen LogP contribution in [0.3, 0.4) is 0 Å². The molecule has 1 saturated heterocycles. The fourth-order valence-corrected chi connectivity index (χ4v) is 4.32. The summed E-state index contributed by atoms with van der Waals surface area (Å²) < 4.78 is 25.7. The molecule has 0 N–H and O–H groups in total. The first-order valence-corrected chi connectivity index (χ1v) is 10.1. The molecule has 128 valence electrons. The van der Waals surface area contributed by atoms with E-state index in [1.165, 1.54) is 0 Å². The number of nitrogens with zero attached hydrogens (tertiary/aromatic N) is 2. The van der Waals surface area contributed by atoms with Crippen molar-refractivity contribution in [3.8, 4) is 0 Å². The average molecular weight is 359 g/mol. The van der Waals surface area contributed by atoms with Crippen molar-refractivity contribution in [2.24, 2.45) is 0 Å². The quantitative estimate of drug-likeness (QED) is 0.831. The van der Waals surface area contributed by atoms with Gasteiger partial charge >= 0.3 is 0 Å². The van der Waals surface area contributed by atoms with Crippen molar-refractivity contribution in [2.75, 3.05) is 23.7 Å². The summed E-state index contributed by atoms with van der Waals surface area (Å²) >= 11 is 5.98. The van der Waals surface area contributed by atoms with Gasteiger partial charge < -0.3 is 4.90 Å². The van der Waals surface area contributed by atoms with Crippen LogP contribution < -0.4 is 4.31 Å². The monoisotopic (exact) mass is 358 g/mol. The summed E-state index contributed by atoms with van der Waals surface area (Å²) in [7, 11) is -3.60. The van der Waals surface area contributed by atoms with E-state index in [1.807, 2.05) is 0 Å². The molecule has 7 heteroatoms. The highest BCUT2D eigenvalue weighted by molar-refractivity contribution is 7.92. The van der Waals surface area contributed by atoms with Gasteiger partial charge in [-0.1, -0.05) is 30.5 Å². The van der Waals surface area contributed by atoms with Gasteiger partial charge in [-0.3, -0.25) is 9.10 Å². The fourth-order valence-electron chi connectivity index (χ4n) is 2.97. The van der Waals surface area contributed by atoms with Crippen LogP contribution in [0.25, 0.3) is 0 Å². The van der Waals surface area contributed by atoms with Crippen LogP contribution in [0.2, 0.25) is 5.02 Å². The molecule has 5 nitrogen and oxygen atoms in total. The molecule has 1 heterocycles. The maximum atomic E-state index is 12.8. The molecule has 1 fully saturated rings. The second-order valence-corrected chi connectivity index (χ2v) is 8.25. The molecule has 1 aromatic carbocycles. The Hall–Kier alpha value is -1.27. The molecule has 0 unspecified atom stereocenters. The SMILES string of the molecule is C[C@H](C(=O)N1CCCCCC1)N(c1cccc(Cl)c1)S(C)(=O)=O. The molecule has 0 bridgehead atoms. The Morgan fingerprint density at radius 2 is 1.83 bits per heavy atom. The van der Waals surface area contributed by atoms with Crippen LogP contribution in [0.5, 0.6) is 0 Å². The van der Waals surface area contributed by atoms with Crippen LogP contribution >= 0.6 is 11.6 Å². The molecule has 2 rings (SSSR count). The zero-order valence-electron chi connectivity index (χ0n) is 13.5. The molecule has 1 amide bonds. The molecule has 1 aromatic rings. The molecule has 0 spiro atoms. The Kier molecular flexibility index (Phi) is 5.92. The highest BCUT2D eigenvalue weighted by Gasteiger charge is 2.32. The van der Waals surface area contributed by atoms with Crippen LogP contribution in [-0.2, 0) is 14.8 Å². The van der Waals surface area contributed by atoms with Crippen molar-refractivity contribution in [3.05, 3.63) is 29.3 Å². The number of hydrogen-bond donors (Lipinski definition) is 0. The molecule has 0 saturated carbocycles. The lowest BCUT2D eigenvalue weighted by atomic mass is 10.2.